The van der Waals surface area contributed by atoms with Crippen molar-refractivity contribution in [2.75, 3.05) is 7.11 Å². The maximum Gasteiger partial charge on any atom is 0.249 e. The number of carbonyl (C=O) groups is 1. The molecule has 0 spiro atoms. The quantitative estimate of drug-likeness (QED) is 0.688. The lowest BCUT2D eigenvalue weighted by molar-refractivity contribution is -0.131. The number of carbonyl (C=O) groups excluding carboxylic acids is 1. The summed E-state index contributed by atoms with van der Waals surface area (Å²) in [5.41, 5.74) is 6.87. The summed E-state index contributed by atoms with van der Waals surface area (Å²) in [6.45, 7) is 6.65. The molecule has 4 heteroatoms. The summed E-state index contributed by atoms with van der Waals surface area (Å²) in [7, 11) is 1.57. The van der Waals surface area contributed by atoms with Crippen LogP contribution in [0.5, 0.6) is 0 Å². The zero-order chi connectivity index (χ0) is 18.7. The van der Waals surface area contributed by atoms with Gasteiger partial charge in [0, 0.05) is 24.7 Å². The van der Waals surface area contributed by atoms with Crippen molar-refractivity contribution in [2.45, 2.75) is 39.8 Å². The highest BCUT2D eigenvalue weighted by atomic mass is 16.5. The van der Waals surface area contributed by atoms with Crippen molar-refractivity contribution in [2.24, 2.45) is 0 Å². The molecule has 26 heavy (non-hydrogen) atoms. The van der Waals surface area contributed by atoms with Gasteiger partial charge in [-0.2, -0.15) is 0 Å². The SMILES string of the molecule is CCC(OC)C(=O)NCc1cc(C)cc2c(C)c(-c3ccccc3)[nH]c12. The first-order chi connectivity index (χ1) is 12.5. The summed E-state index contributed by atoms with van der Waals surface area (Å²) in [4.78, 5) is 15.8. The van der Waals surface area contributed by atoms with Crippen molar-refractivity contribution < 1.29 is 9.53 Å². The van der Waals surface area contributed by atoms with Crippen LogP contribution in [0.2, 0.25) is 0 Å². The van der Waals surface area contributed by atoms with E-state index in [9.17, 15) is 4.79 Å². The molecule has 1 atom stereocenters. The Morgan fingerprint density at radius 2 is 1.92 bits per heavy atom. The molecule has 0 saturated heterocycles. The van der Waals surface area contributed by atoms with E-state index in [1.807, 2.05) is 25.1 Å². The predicted octanol–water partition coefficient (Wildman–Crippen LogP) is 4.49. The number of aromatic nitrogens is 1. The molecule has 4 nitrogen and oxygen atoms in total. The molecule has 2 aromatic carbocycles. The third kappa shape index (κ3) is 3.51. The summed E-state index contributed by atoms with van der Waals surface area (Å²) in [6, 6.07) is 14.6. The van der Waals surface area contributed by atoms with E-state index < -0.39 is 6.10 Å². The number of benzene rings is 2. The number of ether oxygens (including phenoxy) is 1. The van der Waals surface area contributed by atoms with E-state index in [1.165, 1.54) is 22.1 Å². The lowest BCUT2D eigenvalue weighted by atomic mass is 10.0. The molecule has 0 bridgehead atoms. The van der Waals surface area contributed by atoms with Gasteiger partial charge < -0.3 is 15.0 Å². The molecule has 0 fully saturated rings. The van der Waals surface area contributed by atoms with E-state index in [4.69, 9.17) is 4.74 Å². The largest absolute Gasteiger partial charge is 0.372 e. The minimum Gasteiger partial charge on any atom is -0.372 e. The van der Waals surface area contributed by atoms with E-state index in [-0.39, 0.29) is 5.91 Å². The second-order valence-electron chi connectivity index (χ2n) is 6.69. The van der Waals surface area contributed by atoms with Crippen LogP contribution >= 0.6 is 0 Å². The van der Waals surface area contributed by atoms with Crippen molar-refractivity contribution in [3.05, 3.63) is 59.2 Å². The lowest BCUT2D eigenvalue weighted by Gasteiger charge is -2.14. The number of fused-ring (bicyclic) bond motifs is 1. The maximum atomic E-state index is 12.2. The van der Waals surface area contributed by atoms with E-state index >= 15 is 0 Å². The number of hydrogen-bond donors (Lipinski definition) is 2. The number of hydrogen-bond acceptors (Lipinski definition) is 2. The molecule has 2 N–H and O–H groups in total. The number of methoxy groups -OCH3 is 1. The van der Waals surface area contributed by atoms with Gasteiger partial charge in [0.25, 0.3) is 0 Å². The molecular weight excluding hydrogens is 324 g/mol. The molecule has 1 heterocycles. The number of aryl methyl sites for hydroxylation is 2. The normalized spacial score (nSPS) is 12.3. The van der Waals surface area contributed by atoms with Crippen molar-refractivity contribution in [3.63, 3.8) is 0 Å². The highest BCUT2D eigenvalue weighted by Crippen LogP contribution is 2.32. The van der Waals surface area contributed by atoms with Gasteiger partial charge >= 0.3 is 0 Å². The minimum absolute atomic E-state index is 0.0729. The molecule has 0 radical (unpaired) electrons. The fraction of sp³-hybridized carbons (Fsp3) is 0.318. The third-order valence-corrected chi connectivity index (χ3v) is 4.86. The van der Waals surface area contributed by atoms with E-state index in [0.29, 0.717) is 13.0 Å². The Bertz CT molecular complexity index is 909. The van der Waals surface area contributed by atoms with Crippen LogP contribution in [0.3, 0.4) is 0 Å². The van der Waals surface area contributed by atoms with Gasteiger partial charge in [-0.25, -0.2) is 0 Å². The van der Waals surface area contributed by atoms with E-state index in [1.54, 1.807) is 7.11 Å². The monoisotopic (exact) mass is 350 g/mol. The van der Waals surface area contributed by atoms with Crippen LogP contribution in [0.1, 0.15) is 30.0 Å². The first-order valence-electron chi connectivity index (χ1n) is 9.02. The third-order valence-electron chi connectivity index (χ3n) is 4.86. The van der Waals surface area contributed by atoms with Gasteiger partial charge in [-0.3, -0.25) is 4.79 Å². The zero-order valence-electron chi connectivity index (χ0n) is 15.8. The summed E-state index contributed by atoms with van der Waals surface area (Å²) >= 11 is 0. The Balaban J connectivity index is 1.97. The molecule has 0 aliphatic carbocycles. The lowest BCUT2D eigenvalue weighted by Crippen LogP contribution is -2.35. The van der Waals surface area contributed by atoms with Crippen molar-refractivity contribution >= 4 is 16.8 Å². The number of aromatic amines is 1. The molecule has 1 unspecified atom stereocenters. The summed E-state index contributed by atoms with van der Waals surface area (Å²) in [5.74, 6) is -0.0729. The number of amides is 1. The predicted molar refractivity (Wildman–Crippen MR) is 106 cm³/mol. The highest BCUT2D eigenvalue weighted by molar-refractivity contribution is 5.93. The second-order valence-corrected chi connectivity index (χ2v) is 6.69. The molecule has 3 aromatic rings. The van der Waals surface area contributed by atoms with Crippen LogP contribution in [0.15, 0.2) is 42.5 Å². The van der Waals surface area contributed by atoms with Crippen LogP contribution in [0.25, 0.3) is 22.2 Å². The van der Waals surface area contributed by atoms with Gasteiger partial charge in [-0.1, -0.05) is 48.9 Å². The molecule has 136 valence electrons. The van der Waals surface area contributed by atoms with Gasteiger partial charge in [0.1, 0.15) is 6.10 Å². The molecule has 1 amide bonds. The van der Waals surface area contributed by atoms with Crippen molar-refractivity contribution in [1.29, 1.82) is 0 Å². The summed E-state index contributed by atoms with van der Waals surface area (Å²) < 4.78 is 5.22. The topological polar surface area (TPSA) is 54.1 Å². The van der Waals surface area contributed by atoms with Gasteiger partial charge in [0.15, 0.2) is 0 Å². The highest BCUT2D eigenvalue weighted by Gasteiger charge is 2.17. The van der Waals surface area contributed by atoms with E-state index in [0.717, 1.165) is 16.8 Å². The first kappa shape index (κ1) is 18.2. The molecule has 0 saturated carbocycles. The van der Waals surface area contributed by atoms with Crippen molar-refractivity contribution in [1.82, 2.24) is 10.3 Å². The second kappa shape index (κ2) is 7.75. The first-order valence-corrected chi connectivity index (χ1v) is 9.02. The van der Waals surface area contributed by atoms with Crippen LogP contribution < -0.4 is 5.32 Å². The van der Waals surface area contributed by atoms with Crippen LogP contribution in [0.4, 0.5) is 0 Å². The fourth-order valence-corrected chi connectivity index (χ4v) is 3.45. The molecular formula is C22H26N2O2. The van der Waals surface area contributed by atoms with Crippen LogP contribution in [0, 0.1) is 13.8 Å². The zero-order valence-corrected chi connectivity index (χ0v) is 15.8. The molecule has 0 aliphatic rings. The van der Waals surface area contributed by atoms with Crippen LogP contribution in [-0.2, 0) is 16.1 Å². The molecule has 0 aliphatic heterocycles. The number of H-pyrrole nitrogens is 1. The van der Waals surface area contributed by atoms with Crippen LogP contribution in [-0.4, -0.2) is 24.1 Å². The van der Waals surface area contributed by atoms with Crippen molar-refractivity contribution in [3.8, 4) is 11.3 Å². The average Bonchev–Trinajstić information content (AvgIpc) is 2.98. The Morgan fingerprint density at radius 1 is 1.19 bits per heavy atom. The minimum atomic E-state index is -0.402. The summed E-state index contributed by atoms with van der Waals surface area (Å²) in [5, 5.41) is 4.21. The average molecular weight is 350 g/mol. The smallest absolute Gasteiger partial charge is 0.249 e. The molecule has 1 aromatic heterocycles. The molecule has 3 rings (SSSR count). The summed E-state index contributed by atoms with van der Waals surface area (Å²) in [6.07, 6.45) is 0.256. The fourth-order valence-electron chi connectivity index (χ4n) is 3.45. The van der Waals surface area contributed by atoms with Gasteiger partial charge in [0.05, 0.1) is 5.52 Å². The standard InChI is InChI=1S/C22H26N2O2/c1-5-19(26-4)22(25)23-13-17-11-14(2)12-18-15(3)20(24-21(17)18)16-9-7-6-8-10-16/h6-12,19,24H,5,13H2,1-4H3,(H,23,25). The Hall–Kier alpha value is -2.59. The Labute approximate surface area is 154 Å². The van der Waals surface area contributed by atoms with Gasteiger partial charge in [-0.15, -0.1) is 0 Å². The van der Waals surface area contributed by atoms with E-state index in [2.05, 4.69) is 48.4 Å². The number of nitrogens with one attached hydrogen (secondary N) is 2. The Morgan fingerprint density at radius 3 is 2.58 bits per heavy atom. The Kier molecular flexibility index (Phi) is 5.43. The van der Waals surface area contributed by atoms with Gasteiger partial charge in [-0.05, 0) is 43.0 Å². The maximum absolute atomic E-state index is 12.2. The van der Waals surface area contributed by atoms with Gasteiger partial charge in [0.2, 0.25) is 5.91 Å². The number of rotatable bonds is 6.